The lowest BCUT2D eigenvalue weighted by Gasteiger charge is -2.15. The predicted octanol–water partition coefficient (Wildman–Crippen LogP) is 4.46. The zero-order valence-electron chi connectivity index (χ0n) is 11.3. The van der Waals surface area contributed by atoms with Gasteiger partial charge in [-0.05, 0) is 73.2 Å². The Morgan fingerprint density at radius 1 is 0.889 bits per heavy atom. The van der Waals surface area contributed by atoms with Crippen molar-refractivity contribution in [2.75, 3.05) is 0 Å². The molecular weight excluding hydrogens is 218 g/mol. The summed E-state index contributed by atoms with van der Waals surface area (Å²) < 4.78 is 0. The first kappa shape index (κ1) is 12.4. The third-order valence-electron chi connectivity index (χ3n) is 3.64. The van der Waals surface area contributed by atoms with E-state index in [4.69, 9.17) is 5.26 Å². The summed E-state index contributed by atoms with van der Waals surface area (Å²) in [5, 5.41) is 9.00. The maximum Gasteiger partial charge on any atom is 0.0991 e. The molecule has 2 aromatic carbocycles. The van der Waals surface area contributed by atoms with Crippen LogP contribution < -0.4 is 0 Å². The Balaban J connectivity index is 2.72. The molecule has 0 amide bonds. The molecule has 0 aliphatic heterocycles. The van der Waals surface area contributed by atoms with Crippen molar-refractivity contribution in [3.63, 3.8) is 0 Å². The van der Waals surface area contributed by atoms with Gasteiger partial charge in [0.1, 0.15) is 0 Å². The van der Waals surface area contributed by atoms with Crippen molar-refractivity contribution in [3.8, 4) is 17.2 Å². The van der Waals surface area contributed by atoms with Crippen LogP contribution in [0.4, 0.5) is 0 Å². The van der Waals surface area contributed by atoms with Crippen molar-refractivity contribution < 1.29 is 0 Å². The van der Waals surface area contributed by atoms with Crippen LogP contribution in [0.15, 0.2) is 30.3 Å². The molecule has 1 nitrogen and oxygen atoms in total. The van der Waals surface area contributed by atoms with Crippen LogP contribution in [-0.4, -0.2) is 0 Å². The molecule has 0 saturated heterocycles. The third kappa shape index (κ3) is 2.02. The summed E-state index contributed by atoms with van der Waals surface area (Å²) in [6.07, 6.45) is 0. The van der Waals surface area contributed by atoms with Gasteiger partial charge in [0.05, 0.1) is 11.6 Å². The summed E-state index contributed by atoms with van der Waals surface area (Å²) in [5.41, 5.74) is 8.34. The first-order valence-corrected chi connectivity index (χ1v) is 6.12. The van der Waals surface area contributed by atoms with Crippen LogP contribution in [-0.2, 0) is 0 Å². The summed E-state index contributed by atoms with van der Waals surface area (Å²) in [6, 6.07) is 12.2. The van der Waals surface area contributed by atoms with Gasteiger partial charge in [-0.1, -0.05) is 18.2 Å². The number of rotatable bonds is 1. The average Bonchev–Trinajstić information content (AvgIpc) is 2.36. The van der Waals surface area contributed by atoms with Gasteiger partial charge < -0.3 is 0 Å². The fourth-order valence-corrected chi connectivity index (χ4v) is 2.47. The molecule has 0 spiro atoms. The largest absolute Gasteiger partial charge is 0.192 e. The minimum atomic E-state index is 0.713. The first-order chi connectivity index (χ1) is 8.54. The van der Waals surface area contributed by atoms with Crippen molar-refractivity contribution >= 4 is 0 Å². The van der Waals surface area contributed by atoms with Gasteiger partial charge in [-0.25, -0.2) is 0 Å². The molecule has 0 aliphatic rings. The number of benzene rings is 2. The van der Waals surface area contributed by atoms with Crippen LogP contribution >= 0.6 is 0 Å². The van der Waals surface area contributed by atoms with Gasteiger partial charge >= 0.3 is 0 Å². The number of hydrogen-bond donors (Lipinski definition) is 0. The summed E-state index contributed by atoms with van der Waals surface area (Å²) in [4.78, 5) is 0. The summed E-state index contributed by atoms with van der Waals surface area (Å²) in [5.74, 6) is 0. The van der Waals surface area contributed by atoms with E-state index in [0.29, 0.717) is 5.56 Å². The molecule has 0 saturated carbocycles. The maximum absolute atomic E-state index is 9.00. The number of aryl methyl sites for hydroxylation is 2. The predicted molar refractivity (Wildman–Crippen MR) is 75.5 cm³/mol. The topological polar surface area (TPSA) is 23.8 Å². The van der Waals surface area contributed by atoms with E-state index in [-0.39, 0.29) is 0 Å². The molecule has 0 radical (unpaired) electrons. The minimum absolute atomic E-state index is 0.713. The molecule has 0 fully saturated rings. The summed E-state index contributed by atoms with van der Waals surface area (Å²) in [6.45, 7) is 8.59. The molecule has 1 heteroatoms. The number of nitriles is 1. The Morgan fingerprint density at radius 3 is 2.28 bits per heavy atom. The summed E-state index contributed by atoms with van der Waals surface area (Å²) >= 11 is 0. The van der Waals surface area contributed by atoms with Crippen molar-refractivity contribution in [1.29, 1.82) is 5.26 Å². The van der Waals surface area contributed by atoms with Crippen LogP contribution in [0, 0.1) is 39.0 Å². The Labute approximate surface area is 109 Å². The lowest BCUT2D eigenvalue weighted by atomic mass is 9.89. The molecule has 0 heterocycles. The number of nitrogens with zero attached hydrogens (tertiary/aromatic N) is 1. The van der Waals surface area contributed by atoms with E-state index in [0.717, 1.165) is 5.56 Å². The SMILES string of the molecule is Cc1cc(C)c(-c2cccc(C#N)c2)c(C)c1C. The molecule has 0 aliphatic carbocycles. The maximum atomic E-state index is 9.00. The van der Waals surface area contributed by atoms with E-state index in [2.05, 4.69) is 45.9 Å². The van der Waals surface area contributed by atoms with E-state index in [1.807, 2.05) is 18.2 Å². The lowest BCUT2D eigenvalue weighted by molar-refractivity contribution is 1.23. The Morgan fingerprint density at radius 2 is 1.61 bits per heavy atom. The molecule has 0 atom stereocenters. The Hall–Kier alpha value is -2.07. The van der Waals surface area contributed by atoms with Crippen molar-refractivity contribution in [2.24, 2.45) is 0 Å². The smallest absolute Gasteiger partial charge is 0.0991 e. The first-order valence-electron chi connectivity index (χ1n) is 6.12. The van der Waals surface area contributed by atoms with Gasteiger partial charge in [0.25, 0.3) is 0 Å². The molecule has 2 rings (SSSR count). The molecule has 0 N–H and O–H groups in total. The fraction of sp³-hybridized carbons (Fsp3) is 0.235. The highest BCUT2D eigenvalue weighted by Gasteiger charge is 2.10. The fourth-order valence-electron chi connectivity index (χ4n) is 2.47. The molecule has 0 bridgehead atoms. The van der Waals surface area contributed by atoms with E-state index in [9.17, 15) is 0 Å². The van der Waals surface area contributed by atoms with Gasteiger partial charge in [-0.2, -0.15) is 5.26 Å². The standard InChI is InChI=1S/C17H17N/c1-11-8-12(2)17(14(4)13(11)3)16-7-5-6-15(9-16)10-18/h5-9H,1-4H3. The molecule has 18 heavy (non-hydrogen) atoms. The van der Waals surface area contributed by atoms with Crippen molar-refractivity contribution in [3.05, 3.63) is 58.1 Å². The number of hydrogen-bond acceptors (Lipinski definition) is 1. The second-order valence-electron chi connectivity index (χ2n) is 4.83. The second kappa shape index (κ2) is 4.66. The van der Waals surface area contributed by atoms with Crippen molar-refractivity contribution in [1.82, 2.24) is 0 Å². The average molecular weight is 235 g/mol. The molecule has 2 aromatic rings. The molecule has 90 valence electrons. The molecular formula is C17H17N. The van der Waals surface area contributed by atoms with Crippen LogP contribution in [0.5, 0.6) is 0 Å². The normalized spacial score (nSPS) is 10.2. The zero-order chi connectivity index (χ0) is 13.3. The molecule has 0 unspecified atom stereocenters. The quantitative estimate of drug-likeness (QED) is 0.716. The van der Waals surface area contributed by atoms with E-state index in [1.165, 1.54) is 27.8 Å². The van der Waals surface area contributed by atoms with Crippen LogP contribution in [0.1, 0.15) is 27.8 Å². The van der Waals surface area contributed by atoms with Gasteiger partial charge in [0, 0.05) is 0 Å². The van der Waals surface area contributed by atoms with E-state index in [1.54, 1.807) is 0 Å². The molecule has 0 aromatic heterocycles. The van der Waals surface area contributed by atoms with Gasteiger partial charge in [-0.3, -0.25) is 0 Å². The van der Waals surface area contributed by atoms with Gasteiger partial charge in [0.2, 0.25) is 0 Å². The van der Waals surface area contributed by atoms with E-state index < -0.39 is 0 Å². The van der Waals surface area contributed by atoms with E-state index >= 15 is 0 Å². The van der Waals surface area contributed by atoms with Gasteiger partial charge in [-0.15, -0.1) is 0 Å². The van der Waals surface area contributed by atoms with Gasteiger partial charge in [0.15, 0.2) is 0 Å². The highest BCUT2D eigenvalue weighted by molar-refractivity contribution is 5.73. The summed E-state index contributed by atoms with van der Waals surface area (Å²) in [7, 11) is 0. The van der Waals surface area contributed by atoms with Crippen LogP contribution in [0.3, 0.4) is 0 Å². The Bertz CT molecular complexity index is 645. The Kier molecular flexibility index (Phi) is 3.21. The zero-order valence-corrected chi connectivity index (χ0v) is 11.3. The van der Waals surface area contributed by atoms with Crippen LogP contribution in [0.2, 0.25) is 0 Å². The third-order valence-corrected chi connectivity index (χ3v) is 3.64. The van der Waals surface area contributed by atoms with Crippen molar-refractivity contribution in [2.45, 2.75) is 27.7 Å². The highest BCUT2D eigenvalue weighted by Crippen LogP contribution is 2.31. The lowest BCUT2D eigenvalue weighted by Crippen LogP contribution is -1.95. The monoisotopic (exact) mass is 235 g/mol. The second-order valence-corrected chi connectivity index (χ2v) is 4.83. The highest BCUT2D eigenvalue weighted by atomic mass is 14.2. The minimum Gasteiger partial charge on any atom is -0.192 e. The van der Waals surface area contributed by atoms with Crippen LogP contribution in [0.25, 0.3) is 11.1 Å².